The lowest BCUT2D eigenvalue weighted by atomic mass is 10.0. The number of anilines is 1. The first-order valence-corrected chi connectivity index (χ1v) is 11.9. The molecule has 0 spiro atoms. The van der Waals surface area contributed by atoms with E-state index in [9.17, 15) is 10.1 Å². The van der Waals surface area contributed by atoms with Crippen LogP contribution in [0.5, 0.6) is 5.75 Å². The molecule has 0 bridgehead atoms. The molecule has 180 valence electrons. The topological polar surface area (TPSA) is 82.6 Å². The van der Waals surface area contributed by atoms with E-state index in [0.29, 0.717) is 44.4 Å². The fourth-order valence-corrected chi connectivity index (χ4v) is 4.53. The highest BCUT2D eigenvalue weighted by Gasteiger charge is 2.26. The second kappa shape index (κ2) is 10.4. The molecule has 36 heavy (non-hydrogen) atoms. The van der Waals surface area contributed by atoms with E-state index in [4.69, 9.17) is 9.15 Å². The first-order chi connectivity index (χ1) is 17.7. The number of hydrogen-bond acceptors (Lipinski definition) is 6. The number of rotatable bonds is 6. The Labute approximate surface area is 209 Å². The minimum Gasteiger partial charge on any atom is -0.496 e. The minimum atomic E-state index is 0.101. The lowest BCUT2D eigenvalue weighted by Crippen LogP contribution is -2.49. The number of hydrogen-bond donors (Lipinski definition) is 0. The number of nitrogens with zero attached hydrogens (tertiary/aromatic N) is 4. The Balaban J connectivity index is 1.25. The lowest BCUT2D eigenvalue weighted by Gasteiger charge is -2.34. The Bertz CT molecular complexity index is 1450. The van der Waals surface area contributed by atoms with Gasteiger partial charge in [-0.15, -0.1) is 0 Å². The molecule has 0 unspecified atom stereocenters. The number of carbonyl (C=O) groups is 1. The molecule has 1 aliphatic heterocycles. The first kappa shape index (κ1) is 23.2. The molecule has 3 aromatic carbocycles. The normalized spacial score (nSPS) is 13.8. The first-order valence-electron chi connectivity index (χ1n) is 11.9. The summed E-state index contributed by atoms with van der Waals surface area (Å²) in [6.07, 6.45) is 3.94. The van der Waals surface area contributed by atoms with Crippen molar-refractivity contribution in [1.82, 2.24) is 9.88 Å². The van der Waals surface area contributed by atoms with Crippen LogP contribution in [0.3, 0.4) is 0 Å². The predicted molar refractivity (Wildman–Crippen MR) is 140 cm³/mol. The smallest absolute Gasteiger partial charge is 0.235 e. The second-order valence-electron chi connectivity index (χ2n) is 8.58. The van der Waals surface area contributed by atoms with Crippen LogP contribution in [0.25, 0.3) is 22.9 Å². The standard InChI is InChI=1S/C29H26N4O3/c1-35-26-12-5-3-8-22(26)13-14-27-31-25(20-30)29(36-27)33-17-15-32(16-18-33)28(34)19-23-10-6-9-21-7-2-4-11-24(21)23/h2-14H,15-19H2,1H3/b14-13+. The van der Waals surface area contributed by atoms with Gasteiger partial charge in [-0.3, -0.25) is 4.79 Å². The van der Waals surface area contributed by atoms with Crippen LogP contribution in [0, 0.1) is 11.3 Å². The van der Waals surface area contributed by atoms with E-state index in [-0.39, 0.29) is 11.6 Å². The molecule has 0 radical (unpaired) electrons. The van der Waals surface area contributed by atoms with Gasteiger partial charge in [-0.1, -0.05) is 60.7 Å². The molecule has 1 aliphatic rings. The van der Waals surface area contributed by atoms with Crippen LogP contribution in [0.1, 0.15) is 22.7 Å². The lowest BCUT2D eigenvalue weighted by molar-refractivity contribution is -0.130. The number of aromatic nitrogens is 1. The Kier molecular flexibility index (Phi) is 6.67. The number of amides is 1. The second-order valence-corrected chi connectivity index (χ2v) is 8.58. The molecule has 1 aromatic heterocycles. The van der Waals surface area contributed by atoms with E-state index in [1.54, 1.807) is 13.2 Å². The van der Waals surface area contributed by atoms with Gasteiger partial charge in [0.1, 0.15) is 11.8 Å². The van der Waals surface area contributed by atoms with Crippen LogP contribution in [0.4, 0.5) is 5.88 Å². The summed E-state index contributed by atoms with van der Waals surface area (Å²) in [5.41, 5.74) is 2.16. The van der Waals surface area contributed by atoms with Gasteiger partial charge in [0.25, 0.3) is 0 Å². The fourth-order valence-electron chi connectivity index (χ4n) is 4.53. The van der Waals surface area contributed by atoms with Gasteiger partial charge in [0.15, 0.2) is 0 Å². The third-order valence-corrected chi connectivity index (χ3v) is 6.42. The van der Waals surface area contributed by atoms with Gasteiger partial charge < -0.3 is 19.0 Å². The van der Waals surface area contributed by atoms with Crippen LogP contribution < -0.4 is 9.64 Å². The summed E-state index contributed by atoms with van der Waals surface area (Å²) in [6.45, 7) is 2.25. The van der Waals surface area contributed by atoms with Crippen LogP contribution in [0.2, 0.25) is 0 Å². The molecular weight excluding hydrogens is 452 g/mol. The van der Waals surface area contributed by atoms with Crippen molar-refractivity contribution in [3.05, 3.63) is 89.4 Å². The minimum absolute atomic E-state index is 0.101. The number of piperazine rings is 1. The number of methoxy groups -OCH3 is 1. The third-order valence-electron chi connectivity index (χ3n) is 6.42. The van der Waals surface area contributed by atoms with E-state index >= 15 is 0 Å². The van der Waals surface area contributed by atoms with E-state index < -0.39 is 0 Å². The van der Waals surface area contributed by atoms with Gasteiger partial charge in [-0.05, 0) is 28.5 Å². The summed E-state index contributed by atoms with van der Waals surface area (Å²) in [5, 5.41) is 11.9. The van der Waals surface area contributed by atoms with Crippen molar-refractivity contribution < 1.29 is 13.9 Å². The molecule has 0 atom stereocenters. The Morgan fingerprint density at radius 3 is 2.58 bits per heavy atom. The summed E-state index contributed by atoms with van der Waals surface area (Å²) in [7, 11) is 1.62. The van der Waals surface area contributed by atoms with Crippen LogP contribution in [-0.4, -0.2) is 49.1 Å². The van der Waals surface area contributed by atoms with Crippen molar-refractivity contribution in [2.24, 2.45) is 0 Å². The van der Waals surface area contributed by atoms with Gasteiger partial charge in [0.2, 0.25) is 23.4 Å². The van der Waals surface area contributed by atoms with E-state index in [1.165, 1.54) is 0 Å². The summed E-state index contributed by atoms with van der Waals surface area (Å²) in [6, 6.07) is 24.0. The number of oxazole rings is 1. The Morgan fingerprint density at radius 1 is 1.03 bits per heavy atom. The van der Waals surface area contributed by atoms with Crippen molar-refractivity contribution in [2.45, 2.75) is 6.42 Å². The molecule has 1 amide bonds. The number of ether oxygens (including phenoxy) is 1. The zero-order valence-electron chi connectivity index (χ0n) is 20.1. The quantitative estimate of drug-likeness (QED) is 0.397. The molecule has 0 saturated carbocycles. The highest BCUT2D eigenvalue weighted by atomic mass is 16.5. The zero-order valence-corrected chi connectivity index (χ0v) is 20.1. The van der Waals surface area contributed by atoms with E-state index in [1.807, 2.05) is 64.4 Å². The Morgan fingerprint density at radius 2 is 1.78 bits per heavy atom. The summed E-state index contributed by atoms with van der Waals surface area (Å²) in [5.74, 6) is 1.63. The van der Waals surface area contributed by atoms with Gasteiger partial charge in [-0.25, -0.2) is 0 Å². The molecule has 1 fully saturated rings. The average Bonchev–Trinajstić information content (AvgIpc) is 3.35. The monoisotopic (exact) mass is 478 g/mol. The van der Waals surface area contributed by atoms with Gasteiger partial charge >= 0.3 is 0 Å². The van der Waals surface area contributed by atoms with Crippen molar-refractivity contribution in [2.75, 3.05) is 38.2 Å². The molecule has 7 nitrogen and oxygen atoms in total. The number of nitriles is 1. The van der Waals surface area contributed by atoms with Gasteiger partial charge in [0, 0.05) is 37.8 Å². The largest absolute Gasteiger partial charge is 0.496 e. The maximum Gasteiger partial charge on any atom is 0.235 e. The van der Waals surface area contributed by atoms with E-state index in [2.05, 4.69) is 29.3 Å². The Hall–Kier alpha value is -4.57. The predicted octanol–water partition coefficient (Wildman–Crippen LogP) is 4.77. The fraction of sp³-hybridized carbons (Fsp3) is 0.207. The molecule has 2 heterocycles. The maximum absolute atomic E-state index is 13.1. The number of fused-ring (bicyclic) bond motifs is 1. The summed E-state index contributed by atoms with van der Waals surface area (Å²) < 4.78 is 11.3. The molecule has 7 heteroatoms. The van der Waals surface area contributed by atoms with Crippen LogP contribution in [0.15, 0.2) is 71.1 Å². The number of carbonyl (C=O) groups excluding carboxylic acids is 1. The zero-order chi connectivity index (χ0) is 24.9. The maximum atomic E-state index is 13.1. The molecular formula is C29H26N4O3. The number of benzene rings is 3. The molecule has 0 aliphatic carbocycles. The van der Waals surface area contributed by atoms with Gasteiger partial charge in [0.05, 0.1) is 13.5 Å². The number of para-hydroxylation sites is 1. The summed E-state index contributed by atoms with van der Waals surface area (Å²) >= 11 is 0. The van der Waals surface area contributed by atoms with Crippen molar-refractivity contribution in [1.29, 1.82) is 5.26 Å². The van der Waals surface area contributed by atoms with Crippen molar-refractivity contribution in [3.8, 4) is 11.8 Å². The average molecular weight is 479 g/mol. The van der Waals surface area contributed by atoms with Crippen LogP contribution >= 0.6 is 0 Å². The molecule has 1 saturated heterocycles. The molecule has 4 aromatic rings. The van der Waals surface area contributed by atoms with E-state index in [0.717, 1.165) is 27.6 Å². The SMILES string of the molecule is COc1ccccc1/C=C/c1nc(C#N)c(N2CCN(C(=O)Cc3cccc4ccccc34)CC2)o1. The van der Waals surface area contributed by atoms with Crippen LogP contribution in [-0.2, 0) is 11.2 Å². The summed E-state index contributed by atoms with van der Waals surface area (Å²) in [4.78, 5) is 21.2. The third kappa shape index (κ3) is 4.80. The molecule has 5 rings (SSSR count). The highest BCUT2D eigenvalue weighted by molar-refractivity contribution is 5.90. The highest BCUT2D eigenvalue weighted by Crippen LogP contribution is 2.26. The van der Waals surface area contributed by atoms with Crippen molar-refractivity contribution in [3.63, 3.8) is 0 Å². The van der Waals surface area contributed by atoms with Gasteiger partial charge in [-0.2, -0.15) is 10.2 Å². The van der Waals surface area contributed by atoms with Crippen molar-refractivity contribution >= 4 is 34.7 Å². The molecule has 0 N–H and O–H groups in total.